The van der Waals surface area contributed by atoms with Gasteiger partial charge in [-0.3, -0.25) is 4.48 Å². The second-order valence-corrected chi connectivity index (χ2v) is 10.1. The van der Waals surface area contributed by atoms with E-state index < -0.39 is 0 Å². The number of hydrogen-bond donors (Lipinski definition) is 0. The molecule has 0 heterocycles. The normalized spacial score (nSPS) is 11.7. The van der Waals surface area contributed by atoms with Gasteiger partial charge in [-0.1, -0.05) is 140 Å². The van der Waals surface area contributed by atoms with Gasteiger partial charge in [-0.2, -0.15) is 0 Å². The van der Waals surface area contributed by atoms with Crippen LogP contribution in [0.3, 0.4) is 0 Å². The molecule has 178 valence electrons. The average Bonchev–Trinajstić information content (AvgIpc) is 2.76. The van der Waals surface area contributed by atoms with E-state index in [1.165, 1.54) is 108 Å². The predicted molar refractivity (Wildman–Crippen MR) is 136 cm³/mol. The smallest absolute Gasteiger partial charge is 0.262 e. The lowest BCUT2D eigenvalue weighted by molar-refractivity contribution is -0.828. The summed E-state index contributed by atoms with van der Waals surface area (Å²) in [5.74, 6) is 0.366. The molecule has 0 aliphatic heterocycles. The first-order valence-electron chi connectivity index (χ1n) is 13.5. The number of amides is 1. The van der Waals surface area contributed by atoms with Crippen LogP contribution in [0, 0.1) is 0 Å². The molecule has 1 aromatic rings. The molecule has 0 N–H and O–H groups in total. The van der Waals surface area contributed by atoms with Gasteiger partial charge in [0.05, 0.1) is 20.5 Å². The second kappa shape index (κ2) is 18.4. The summed E-state index contributed by atoms with van der Waals surface area (Å²) >= 11 is 0. The molecule has 1 rings (SSSR count). The van der Waals surface area contributed by atoms with Crippen molar-refractivity contribution in [3.63, 3.8) is 0 Å². The monoisotopic (exact) mass is 430 g/mol. The fourth-order valence-corrected chi connectivity index (χ4v) is 4.43. The summed E-state index contributed by atoms with van der Waals surface area (Å²) in [7, 11) is 4.09. The van der Waals surface area contributed by atoms with Gasteiger partial charge in [0.25, 0.3) is 0 Å². The molecule has 2 heteroatoms. The van der Waals surface area contributed by atoms with Crippen LogP contribution in [0.5, 0.6) is 0 Å². The molecule has 1 aromatic carbocycles. The molecular formula is C29H52NO+. The van der Waals surface area contributed by atoms with Crippen molar-refractivity contribution in [3.05, 3.63) is 35.9 Å². The number of carbonyl (C=O) groups is 1. The number of quaternary nitrogens is 1. The van der Waals surface area contributed by atoms with Crippen molar-refractivity contribution in [3.8, 4) is 0 Å². The SMILES string of the molecule is CCCCCCCCCCCCCCCCCCCC(=O)[N+](C)(C)Cc1ccccc1. The fraction of sp³-hybridized carbons (Fsp3) is 0.759. The Kier molecular flexibility index (Phi) is 16.6. The Morgan fingerprint density at radius 1 is 0.613 bits per heavy atom. The van der Waals surface area contributed by atoms with Crippen molar-refractivity contribution in [2.75, 3.05) is 14.1 Å². The lowest BCUT2D eigenvalue weighted by Crippen LogP contribution is -2.44. The van der Waals surface area contributed by atoms with Crippen LogP contribution in [0.1, 0.15) is 128 Å². The van der Waals surface area contributed by atoms with Crippen LogP contribution in [0.15, 0.2) is 30.3 Å². The topological polar surface area (TPSA) is 17.1 Å². The minimum atomic E-state index is 0.366. The average molecular weight is 431 g/mol. The Morgan fingerprint density at radius 2 is 1.00 bits per heavy atom. The van der Waals surface area contributed by atoms with Gasteiger partial charge in [-0.05, 0) is 6.42 Å². The molecule has 0 atom stereocenters. The van der Waals surface area contributed by atoms with Gasteiger partial charge in [0.1, 0.15) is 6.54 Å². The third-order valence-corrected chi connectivity index (χ3v) is 6.59. The molecule has 1 amide bonds. The first-order chi connectivity index (χ1) is 15.1. The van der Waals surface area contributed by atoms with Gasteiger partial charge >= 0.3 is 5.91 Å². The molecule has 0 saturated heterocycles. The molecule has 0 aromatic heterocycles. The first-order valence-corrected chi connectivity index (χ1v) is 13.5. The summed E-state index contributed by atoms with van der Waals surface area (Å²) < 4.78 is 0.461. The summed E-state index contributed by atoms with van der Waals surface area (Å²) in [5, 5.41) is 0. The minimum absolute atomic E-state index is 0.366. The highest BCUT2D eigenvalue weighted by atomic mass is 16.2. The predicted octanol–water partition coefficient (Wildman–Crippen LogP) is 8.83. The van der Waals surface area contributed by atoms with E-state index >= 15 is 0 Å². The van der Waals surface area contributed by atoms with Gasteiger partial charge in [0.2, 0.25) is 0 Å². The van der Waals surface area contributed by atoms with E-state index in [-0.39, 0.29) is 0 Å². The van der Waals surface area contributed by atoms with Crippen molar-refractivity contribution >= 4 is 5.91 Å². The lowest BCUT2D eigenvalue weighted by Gasteiger charge is -2.27. The molecule has 0 aliphatic carbocycles. The van der Waals surface area contributed by atoms with E-state index in [1.807, 2.05) is 20.2 Å². The zero-order valence-electron chi connectivity index (χ0n) is 21.2. The Morgan fingerprint density at radius 3 is 1.42 bits per heavy atom. The van der Waals surface area contributed by atoms with Crippen LogP contribution in [0.2, 0.25) is 0 Å². The maximum atomic E-state index is 12.6. The first kappa shape index (κ1) is 27.9. The maximum absolute atomic E-state index is 12.6. The number of nitrogens with zero attached hydrogens (tertiary/aromatic N) is 1. The van der Waals surface area contributed by atoms with Crippen LogP contribution < -0.4 is 0 Å². The highest BCUT2D eigenvalue weighted by molar-refractivity contribution is 5.68. The third-order valence-electron chi connectivity index (χ3n) is 6.59. The Labute approximate surface area is 194 Å². The van der Waals surface area contributed by atoms with Crippen molar-refractivity contribution in [1.82, 2.24) is 0 Å². The highest BCUT2D eigenvalue weighted by Crippen LogP contribution is 2.16. The van der Waals surface area contributed by atoms with Gasteiger partial charge in [-0.25, -0.2) is 4.79 Å². The van der Waals surface area contributed by atoms with E-state index in [0.717, 1.165) is 19.4 Å². The summed E-state index contributed by atoms with van der Waals surface area (Å²) in [4.78, 5) is 12.6. The number of hydrogen-bond acceptors (Lipinski definition) is 1. The van der Waals surface area contributed by atoms with Gasteiger partial charge < -0.3 is 0 Å². The highest BCUT2D eigenvalue weighted by Gasteiger charge is 2.25. The van der Waals surface area contributed by atoms with Crippen molar-refractivity contribution in [2.24, 2.45) is 0 Å². The van der Waals surface area contributed by atoms with Gasteiger partial charge in [-0.15, -0.1) is 0 Å². The third kappa shape index (κ3) is 15.3. The number of unbranched alkanes of at least 4 members (excludes halogenated alkanes) is 16. The van der Waals surface area contributed by atoms with E-state index in [9.17, 15) is 4.79 Å². The Balaban J connectivity index is 1.87. The number of rotatable bonds is 20. The van der Waals surface area contributed by atoms with Gasteiger partial charge in [0, 0.05) is 5.56 Å². The lowest BCUT2D eigenvalue weighted by atomic mass is 10.0. The molecule has 0 aliphatic rings. The standard InChI is InChI=1S/C29H52NO/c1-4-5-6-7-8-9-10-11-12-13-14-15-16-17-18-19-23-26-29(31)30(2,3)27-28-24-21-20-22-25-28/h20-22,24-25H,4-19,23,26-27H2,1-3H3/q+1. The molecule has 31 heavy (non-hydrogen) atoms. The van der Waals surface area contributed by atoms with E-state index in [2.05, 4.69) is 31.2 Å². The maximum Gasteiger partial charge on any atom is 0.313 e. The van der Waals surface area contributed by atoms with Crippen molar-refractivity contribution < 1.29 is 9.28 Å². The zero-order valence-corrected chi connectivity index (χ0v) is 21.2. The van der Waals surface area contributed by atoms with Crippen molar-refractivity contribution in [2.45, 2.75) is 129 Å². The molecule has 2 nitrogen and oxygen atoms in total. The van der Waals surface area contributed by atoms with Gasteiger partial charge in [0.15, 0.2) is 0 Å². The second-order valence-electron chi connectivity index (χ2n) is 10.1. The summed E-state index contributed by atoms with van der Waals surface area (Å²) in [6, 6.07) is 10.4. The number of benzene rings is 1. The summed E-state index contributed by atoms with van der Waals surface area (Å²) in [6.45, 7) is 3.08. The van der Waals surface area contributed by atoms with Crippen LogP contribution >= 0.6 is 0 Å². The molecular weight excluding hydrogens is 378 g/mol. The molecule has 0 unspecified atom stereocenters. The molecule has 0 bridgehead atoms. The van der Waals surface area contributed by atoms with Crippen LogP contribution in [0.25, 0.3) is 0 Å². The van der Waals surface area contributed by atoms with Crippen LogP contribution in [-0.4, -0.2) is 24.5 Å². The molecule has 0 saturated carbocycles. The van der Waals surface area contributed by atoms with E-state index in [0.29, 0.717) is 10.4 Å². The summed E-state index contributed by atoms with van der Waals surface area (Å²) in [5.41, 5.74) is 1.24. The van der Waals surface area contributed by atoms with E-state index in [1.54, 1.807) is 0 Å². The minimum Gasteiger partial charge on any atom is -0.262 e. The van der Waals surface area contributed by atoms with Crippen LogP contribution in [-0.2, 0) is 11.3 Å². The Hall–Kier alpha value is -1.15. The Bertz CT molecular complexity index is 537. The summed E-state index contributed by atoms with van der Waals surface area (Å²) in [6.07, 6.45) is 24.1. The molecule has 0 fully saturated rings. The fourth-order valence-electron chi connectivity index (χ4n) is 4.43. The number of carbonyl (C=O) groups excluding carboxylic acids is 1. The molecule has 0 spiro atoms. The largest absolute Gasteiger partial charge is 0.313 e. The molecule has 0 radical (unpaired) electrons. The van der Waals surface area contributed by atoms with E-state index in [4.69, 9.17) is 0 Å². The zero-order chi connectivity index (χ0) is 22.6. The van der Waals surface area contributed by atoms with Crippen molar-refractivity contribution in [1.29, 1.82) is 0 Å². The van der Waals surface area contributed by atoms with Crippen LogP contribution in [0.4, 0.5) is 0 Å². The quantitative estimate of drug-likeness (QED) is 0.149.